The Bertz CT molecular complexity index is 488. The molecule has 1 amide bonds. The zero-order chi connectivity index (χ0) is 15.3. The number of nitrogens with zero attached hydrogens (tertiary/aromatic N) is 1. The molecule has 1 aromatic rings. The molecule has 0 bridgehead atoms. The molecule has 1 atom stereocenters. The number of rotatable bonds is 5. The second kappa shape index (κ2) is 6.91. The average Bonchev–Trinajstić information content (AvgIpc) is 2.58. The summed E-state index contributed by atoms with van der Waals surface area (Å²) in [6, 6.07) is 7.71. The number of nitrogens with two attached hydrogens (primary N) is 1. The first kappa shape index (κ1) is 15.8. The fourth-order valence-corrected chi connectivity index (χ4v) is 2.62. The monoisotopic (exact) mass is 292 g/mol. The molecule has 1 saturated heterocycles. The summed E-state index contributed by atoms with van der Waals surface area (Å²) in [5.41, 5.74) is 5.67. The molecule has 1 fully saturated rings. The first-order valence-electron chi connectivity index (χ1n) is 7.39. The van der Waals surface area contributed by atoms with Crippen molar-refractivity contribution < 1.29 is 14.6 Å². The SMILES string of the molecule is C[C@]1(O)CCCN(Cc2cccc(OCC(N)=O)c2)CC1. The van der Waals surface area contributed by atoms with Crippen LogP contribution in [0.25, 0.3) is 0 Å². The van der Waals surface area contributed by atoms with Crippen molar-refractivity contribution in [2.24, 2.45) is 5.73 Å². The highest BCUT2D eigenvalue weighted by Crippen LogP contribution is 2.23. The summed E-state index contributed by atoms with van der Waals surface area (Å²) in [5, 5.41) is 10.1. The van der Waals surface area contributed by atoms with Crippen LogP contribution in [0.4, 0.5) is 0 Å². The number of aliphatic hydroxyl groups is 1. The van der Waals surface area contributed by atoms with E-state index in [0.717, 1.165) is 44.5 Å². The Balaban J connectivity index is 1.93. The summed E-state index contributed by atoms with van der Waals surface area (Å²) in [7, 11) is 0. The maximum atomic E-state index is 10.7. The topological polar surface area (TPSA) is 75.8 Å². The lowest BCUT2D eigenvalue weighted by atomic mass is 9.98. The molecule has 3 N–H and O–H groups in total. The Morgan fingerprint density at radius 3 is 3.00 bits per heavy atom. The Morgan fingerprint density at radius 1 is 1.43 bits per heavy atom. The minimum Gasteiger partial charge on any atom is -0.484 e. The van der Waals surface area contributed by atoms with Gasteiger partial charge in [0.2, 0.25) is 0 Å². The third kappa shape index (κ3) is 5.36. The third-order valence-corrected chi connectivity index (χ3v) is 3.84. The van der Waals surface area contributed by atoms with Crippen LogP contribution in [-0.2, 0) is 11.3 Å². The Kier molecular flexibility index (Phi) is 5.20. The van der Waals surface area contributed by atoms with Crippen LogP contribution in [0.3, 0.4) is 0 Å². The molecule has 0 unspecified atom stereocenters. The number of primary amides is 1. The molecule has 2 rings (SSSR count). The molecule has 5 heteroatoms. The molecule has 0 radical (unpaired) electrons. The van der Waals surface area contributed by atoms with Gasteiger partial charge in [0, 0.05) is 13.1 Å². The van der Waals surface area contributed by atoms with Crippen molar-refractivity contribution in [3.8, 4) is 5.75 Å². The van der Waals surface area contributed by atoms with Gasteiger partial charge in [0.1, 0.15) is 5.75 Å². The average molecular weight is 292 g/mol. The molecular weight excluding hydrogens is 268 g/mol. The number of amides is 1. The number of hydrogen-bond acceptors (Lipinski definition) is 4. The van der Waals surface area contributed by atoms with Crippen LogP contribution in [0.15, 0.2) is 24.3 Å². The van der Waals surface area contributed by atoms with E-state index in [1.165, 1.54) is 0 Å². The highest BCUT2D eigenvalue weighted by molar-refractivity contribution is 5.75. The van der Waals surface area contributed by atoms with E-state index >= 15 is 0 Å². The number of carbonyl (C=O) groups excluding carboxylic acids is 1. The van der Waals surface area contributed by atoms with Crippen LogP contribution < -0.4 is 10.5 Å². The van der Waals surface area contributed by atoms with E-state index in [9.17, 15) is 9.90 Å². The first-order valence-corrected chi connectivity index (χ1v) is 7.39. The fourth-order valence-electron chi connectivity index (χ4n) is 2.62. The van der Waals surface area contributed by atoms with Crippen molar-refractivity contribution in [2.75, 3.05) is 19.7 Å². The molecular formula is C16H24N2O3. The maximum absolute atomic E-state index is 10.7. The smallest absolute Gasteiger partial charge is 0.255 e. The van der Waals surface area contributed by atoms with Crippen molar-refractivity contribution in [3.05, 3.63) is 29.8 Å². The minimum atomic E-state index is -0.540. The molecule has 0 aliphatic carbocycles. The predicted molar refractivity (Wildman–Crippen MR) is 80.9 cm³/mol. The Morgan fingerprint density at radius 2 is 2.24 bits per heavy atom. The van der Waals surface area contributed by atoms with Crippen LogP contribution >= 0.6 is 0 Å². The van der Waals surface area contributed by atoms with Gasteiger partial charge in [0.05, 0.1) is 5.60 Å². The summed E-state index contributed by atoms with van der Waals surface area (Å²) in [6.07, 6.45) is 2.65. The van der Waals surface area contributed by atoms with Gasteiger partial charge in [0.15, 0.2) is 6.61 Å². The van der Waals surface area contributed by atoms with E-state index in [4.69, 9.17) is 10.5 Å². The van der Waals surface area contributed by atoms with E-state index in [1.54, 1.807) is 0 Å². The number of benzene rings is 1. The van der Waals surface area contributed by atoms with Gasteiger partial charge in [-0.15, -0.1) is 0 Å². The van der Waals surface area contributed by atoms with E-state index < -0.39 is 11.5 Å². The molecule has 0 saturated carbocycles. The Labute approximate surface area is 125 Å². The molecule has 1 heterocycles. The van der Waals surface area contributed by atoms with Crippen LogP contribution in [0.2, 0.25) is 0 Å². The second-order valence-electron chi connectivity index (χ2n) is 6.03. The largest absolute Gasteiger partial charge is 0.484 e. The molecule has 116 valence electrons. The summed E-state index contributed by atoms with van der Waals surface area (Å²) in [5.74, 6) is 0.184. The normalized spacial score (nSPS) is 23.5. The highest BCUT2D eigenvalue weighted by Gasteiger charge is 2.24. The van der Waals surface area contributed by atoms with Gasteiger partial charge in [-0.05, 0) is 50.4 Å². The van der Waals surface area contributed by atoms with Gasteiger partial charge in [-0.25, -0.2) is 0 Å². The minimum absolute atomic E-state index is 0.101. The van der Waals surface area contributed by atoms with Crippen LogP contribution in [0.1, 0.15) is 31.7 Å². The molecule has 1 aromatic carbocycles. The van der Waals surface area contributed by atoms with Crippen LogP contribution in [-0.4, -0.2) is 41.2 Å². The van der Waals surface area contributed by atoms with Gasteiger partial charge in [-0.2, -0.15) is 0 Å². The molecule has 1 aliphatic rings. The standard InChI is InChI=1S/C16H24N2O3/c1-16(20)6-3-8-18(9-7-16)11-13-4-2-5-14(10-13)21-12-15(17)19/h2,4-5,10,20H,3,6-9,11-12H2,1H3,(H2,17,19)/t16-/m0/s1. The number of carbonyl (C=O) groups is 1. The van der Waals surface area contributed by atoms with Crippen LogP contribution in [0.5, 0.6) is 5.75 Å². The van der Waals surface area contributed by atoms with Gasteiger partial charge in [-0.1, -0.05) is 12.1 Å². The van der Waals surface area contributed by atoms with E-state index in [1.807, 2.05) is 31.2 Å². The lowest BCUT2D eigenvalue weighted by molar-refractivity contribution is -0.119. The van der Waals surface area contributed by atoms with E-state index in [2.05, 4.69) is 4.90 Å². The van der Waals surface area contributed by atoms with Crippen molar-refractivity contribution in [3.63, 3.8) is 0 Å². The lowest BCUT2D eigenvalue weighted by Crippen LogP contribution is -2.28. The van der Waals surface area contributed by atoms with Gasteiger partial charge in [-0.3, -0.25) is 9.69 Å². The van der Waals surface area contributed by atoms with E-state index in [0.29, 0.717) is 5.75 Å². The highest BCUT2D eigenvalue weighted by atomic mass is 16.5. The molecule has 0 spiro atoms. The van der Waals surface area contributed by atoms with E-state index in [-0.39, 0.29) is 6.61 Å². The summed E-state index contributed by atoms with van der Waals surface area (Å²) in [6.45, 7) is 4.51. The van der Waals surface area contributed by atoms with Crippen molar-refractivity contribution in [1.29, 1.82) is 0 Å². The number of ether oxygens (including phenoxy) is 1. The first-order chi connectivity index (χ1) is 9.94. The molecule has 1 aliphatic heterocycles. The lowest BCUT2D eigenvalue weighted by Gasteiger charge is -2.22. The quantitative estimate of drug-likeness (QED) is 0.857. The summed E-state index contributed by atoms with van der Waals surface area (Å²) < 4.78 is 5.32. The maximum Gasteiger partial charge on any atom is 0.255 e. The second-order valence-corrected chi connectivity index (χ2v) is 6.03. The fraction of sp³-hybridized carbons (Fsp3) is 0.562. The van der Waals surface area contributed by atoms with Crippen molar-refractivity contribution in [1.82, 2.24) is 4.90 Å². The summed E-state index contributed by atoms with van der Waals surface area (Å²) >= 11 is 0. The zero-order valence-electron chi connectivity index (χ0n) is 12.5. The number of hydrogen-bond donors (Lipinski definition) is 2. The Hall–Kier alpha value is -1.59. The van der Waals surface area contributed by atoms with Crippen molar-refractivity contribution in [2.45, 2.75) is 38.3 Å². The summed E-state index contributed by atoms with van der Waals surface area (Å²) in [4.78, 5) is 13.1. The zero-order valence-corrected chi connectivity index (χ0v) is 12.5. The van der Waals surface area contributed by atoms with Crippen molar-refractivity contribution >= 4 is 5.91 Å². The molecule has 0 aromatic heterocycles. The molecule has 21 heavy (non-hydrogen) atoms. The predicted octanol–water partition coefficient (Wildman–Crippen LogP) is 1.29. The van der Waals surface area contributed by atoms with Gasteiger partial charge >= 0.3 is 0 Å². The van der Waals surface area contributed by atoms with Gasteiger partial charge < -0.3 is 15.6 Å². The number of likely N-dealkylation sites (tertiary alicyclic amines) is 1. The van der Waals surface area contributed by atoms with Crippen LogP contribution in [0, 0.1) is 0 Å². The molecule has 5 nitrogen and oxygen atoms in total. The third-order valence-electron chi connectivity index (χ3n) is 3.84. The van der Waals surface area contributed by atoms with Gasteiger partial charge in [0.25, 0.3) is 5.91 Å².